The Bertz CT molecular complexity index is 392. The summed E-state index contributed by atoms with van der Waals surface area (Å²) in [6.07, 6.45) is 0. The smallest absolute Gasteiger partial charge is 0.0934 e. The first-order valence-corrected chi connectivity index (χ1v) is 6.90. The monoisotopic (exact) mass is 368 g/mol. The molecule has 2 saturated heterocycles. The first-order chi connectivity index (χ1) is 8.31. The minimum atomic E-state index is 0. The fourth-order valence-corrected chi connectivity index (χ4v) is 2.94. The molecule has 0 spiro atoms. The number of rotatable bonds is 2. The van der Waals surface area contributed by atoms with E-state index in [-0.39, 0.29) is 30.4 Å². The molecular formula is C13H19BrCl2N2O. The van der Waals surface area contributed by atoms with Gasteiger partial charge in [-0.15, -0.1) is 24.8 Å². The molecule has 2 fully saturated rings. The first kappa shape index (κ1) is 17.2. The molecule has 0 atom stereocenters. The van der Waals surface area contributed by atoms with E-state index in [9.17, 15) is 0 Å². The average molecular weight is 370 g/mol. The summed E-state index contributed by atoms with van der Waals surface area (Å²) in [6.45, 7) is 6.04. The molecule has 19 heavy (non-hydrogen) atoms. The number of hydrogen-bond donors (Lipinski definition) is 1. The molecule has 1 N–H and O–H groups in total. The van der Waals surface area contributed by atoms with Crippen molar-refractivity contribution in [3.05, 3.63) is 34.3 Å². The van der Waals surface area contributed by atoms with Crippen molar-refractivity contribution in [3.63, 3.8) is 0 Å². The maximum absolute atomic E-state index is 5.50. The molecular weight excluding hydrogens is 351 g/mol. The van der Waals surface area contributed by atoms with Crippen molar-refractivity contribution in [2.75, 3.05) is 39.4 Å². The molecule has 0 amide bonds. The highest BCUT2D eigenvalue weighted by Crippen LogP contribution is 2.36. The van der Waals surface area contributed by atoms with Crippen LogP contribution in [0.5, 0.6) is 0 Å². The Kier molecular flexibility index (Phi) is 6.57. The molecule has 108 valence electrons. The molecule has 0 radical (unpaired) electrons. The lowest BCUT2D eigenvalue weighted by atomic mass is 9.85. The fourth-order valence-electron chi connectivity index (χ4n) is 2.68. The maximum atomic E-state index is 5.50. The molecule has 0 unspecified atom stereocenters. The minimum Gasteiger partial charge on any atom is -0.377 e. The summed E-state index contributed by atoms with van der Waals surface area (Å²) < 4.78 is 6.64. The van der Waals surface area contributed by atoms with Crippen LogP contribution in [0.15, 0.2) is 28.7 Å². The molecule has 0 aromatic heterocycles. The second-order valence-electron chi connectivity index (χ2n) is 4.77. The van der Waals surface area contributed by atoms with Crippen molar-refractivity contribution in [1.82, 2.24) is 10.2 Å². The van der Waals surface area contributed by atoms with Crippen molar-refractivity contribution in [1.29, 1.82) is 0 Å². The number of benzene rings is 1. The van der Waals surface area contributed by atoms with Gasteiger partial charge in [-0.05, 0) is 17.7 Å². The zero-order valence-corrected chi connectivity index (χ0v) is 13.8. The van der Waals surface area contributed by atoms with Gasteiger partial charge in [-0.1, -0.05) is 28.1 Å². The predicted molar refractivity (Wildman–Crippen MR) is 85.6 cm³/mol. The van der Waals surface area contributed by atoms with E-state index >= 15 is 0 Å². The van der Waals surface area contributed by atoms with Gasteiger partial charge in [-0.2, -0.15) is 0 Å². The van der Waals surface area contributed by atoms with E-state index in [0.29, 0.717) is 0 Å². The van der Waals surface area contributed by atoms with Crippen LogP contribution in [-0.4, -0.2) is 44.3 Å². The van der Waals surface area contributed by atoms with E-state index in [4.69, 9.17) is 4.74 Å². The Morgan fingerprint density at radius 3 is 2.11 bits per heavy atom. The molecule has 3 nitrogen and oxygen atoms in total. The molecule has 2 aliphatic heterocycles. The van der Waals surface area contributed by atoms with Gasteiger partial charge in [0, 0.05) is 30.7 Å². The summed E-state index contributed by atoms with van der Waals surface area (Å²) in [6, 6.07) is 8.68. The Hall–Kier alpha value is 0.160. The number of piperazine rings is 1. The van der Waals surface area contributed by atoms with Crippen LogP contribution in [0.2, 0.25) is 0 Å². The number of nitrogens with zero attached hydrogens (tertiary/aromatic N) is 1. The third kappa shape index (κ3) is 3.26. The largest absolute Gasteiger partial charge is 0.377 e. The predicted octanol–water partition coefficient (Wildman–Crippen LogP) is 2.42. The van der Waals surface area contributed by atoms with Gasteiger partial charge in [-0.25, -0.2) is 0 Å². The molecule has 6 heteroatoms. The van der Waals surface area contributed by atoms with Gasteiger partial charge in [0.2, 0.25) is 0 Å². The van der Waals surface area contributed by atoms with Crippen LogP contribution in [-0.2, 0) is 10.3 Å². The third-order valence-electron chi connectivity index (χ3n) is 3.79. The number of hydrogen-bond acceptors (Lipinski definition) is 3. The van der Waals surface area contributed by atoms with Gasteiger partial charge >= 0.3 is 0 Å². The molecule has 1 aromatic carbocycles. The standard InChI is InChI=1S/C13H17BrN2O.2ClH/c14-12-3-1-11(2-4-12)13(9-17-10-13)16-7-5-15-6-8-16;;/h1-4,15H,5-10H2;2*1H. The van der Waals surface area contributed by atoms with Crippen molar-refractivity contribution < 1.29 is 4.74 Å². The lowest BCUT2D eigenvalue weighted by molar-refractivity contribution is -0.149. The summed E-state index contributed by atoms with van der Waals surface area (Å²) in [5.74, 6) is 0. The lowest BCUT2D eigenvalue weighted by Gasteiger charge is -2.51. The van der Waals surface area contributed by atoms with Crippen LogP contribution in [0.3, 0.4) is 0 Å². The highest BCUT2D eigenvalue weighted by atomic mass is 79.9. The molecule has 1 aromatic rings. The lowest BCUT2D eigenvalue weighted by Crippen LogP contribution is -2.63. The summed E-state index contributed by atoms with van der Waals surface area (Å²) in [5.41, 5.74) is 1.51. The van der Waals surface area contributed by atoms with Crippen molar-refractivity contribution in [3.8, 4) is 0 Å². The summed E-state index contributed by atoms with van der Waals surface area (Å²) in [4.78, 5) is 2.57. The van der Waals surface area contributed by atoms with Crippen molar-refractivity contribution in [2.24, 2.45) is 0 Å². The summed E-state index contributed by atoms with van der Waals surface area (Å²) in [5, 5.41) is 3.41. The highest BCUT2D eigenvalue weighted by Gasteiger charge is 2.45. The van der Waals surface area contributed by atoms with E-state index in [1.807, 2.05) is 0 Å². The molecule has 2 aliphatic rings. The van der Waals surface area contributed by atoms with Crippen molar-refractivity contribution in [2.45, 2.75) is 5.54 Å². The quantitative estimate of drug-likeness (QED) is 0.866. The first-order valence-electron chi connectivity index (χ1n) is 6.11. The number of nitrogens with one attached hydrogen (secondary N) is 1. The zero-order chi connectivity index (χ0) is 11.7. The molecule has 0 bridgehead atoms. The van der Waals surface area contributed by atoms with Gasteiger partial charge in [0.15, 0.2) is 0 Å². The van der Waals surface area contributed by atoms with Crippen LogP contribution in [0.4, 0.5) is 0 Å². The van der Waals surface area contributed by atoms with Crippen LogP contribution in [0.1, 0.15) is 5.56 Å². The van der Waals surface area contributed by atoms with Gasteiger partial charge in [0.1, 0.15) is 0 Å². The van der Waals surface area contributed by atoms with Crippen LogP contribution < -0.4 is 5.32 Å². The SMILES string of the molecule is Brc1ccc(C2(N3CCNCC3)COC2)cc1.Cl.Cl. The topological polar surface area (TPSA) is 24.5 Å². The fraction of sp³-hybridized carbons (Fsp3) is 0.538. The van der Waals surface area contributed by atoms with E-state index < -0.39 is 0 Å². The minimum absolute atomic E-state index is 0. The molecule has 3 rings (SSSR count). The van der Waals surface area contributed by atoms with Crippen molar-refractivity contribution >= 4 is 40.7 Å². The average Bonchev–Trinajstić information content (AvgIpc) is 2.32. The van der Waals surface area contributed by atoms with Gasteiger partial charge < -0.3 is 10.1 Å². The summed E-state index contributed by atoms with van der Waals surface area (Å²) in [7, 11) is 0. The van der Waals surface area contributed by atoms with E-state index in [1.54, 1.807) is 0 Å². The molecule has 2 heterocycles. The van der Waals surface area contributed by atoms with Gasteiger partial charge in [0.05, 0.1) is 18.8 Å². The second kappa shape index (κ2) is 7.25. The van der Waals surface area contributed by atoms with Gasteiger partial charge in [-0.3, -0.25) is 4.90 Å². The van der Waals surface area contributed by atoms with Gasteiger partial charge in [0.25, 0.3) is 0 Å². The third-order valence-corrected chi connectivity index (χ3v) is 4.31. The Balaban J connectivity index is 0.000000902. The number of ether oxygens (including phenoxy) is 1. The molecule has 0 aliphatic carbocycles. The Morgan fingerprint density at radius 1 is 1.05 bits per heavy atom. The Morgan fingerprint density at radius 2 is 1.63 bits per heavy atom. The normalized spacial score (nSPS) is 21.7. The summed E-state index contributed by atoms with van der Waals surface area (Å²) >= 11 is 3.49. The van der Waals surface area contributed by atoms with E-state index in [1.165, 1.54) is 5.56 Å². The highest BCUT2D eigenvalue weighted by molar-refractivity contribution is 9.10. The van der Waals surface area contributed by atoms with Crippen LogP contribution in [0, 0.1) is 0 Å². The zero-order valence-electron chi connectivity index (χ0n) is 10.6. The van der Waals surface area contributed by atoms with E-state index in [0.717, 1.165) is 43.9 Å². The number of halogens is 3. The van der Waals surface area contributed by atoms with Crippen LogP contribution >= 0.6 is 40.7 Å². The van der Waals surface area contributed by atoms with Crippen LogP contribution in [0.25, 0.3) is 0 Å². The van der Waals surface area contributed by atoms with E-state index in [2.05, 4.69) is 50.4 Å². The molecule has 0 saturated carbocycles. The second-order valence-corrected chi connectivity index (χ2v) is 5.68. The Labute approximate surface area is 135 Å². The maximum Gasteiger partial charge on any atom is 0.0934 e.